The van der Waals surface area contributed by atoms with Crippen LogP contribution in [0.25, 0.3) is 0 Å². The summed E-state index contributed by atoms with van der Waals surface area (Å²) in [6, 6.07) is 9.40. The normalized spacial score (nSPS) is 10.9. The lowest BCUT2D eigenvalue weighted by molar-refractivity contribution is -0.138. The number of hydrogen-bond donors (Lipinski definition) is 0. The molecule has 0 atom stereocenters. The molecule has 0 saturated heterocycles. The summed E-state index contributed by atoms with van der Waals surface area (Å²) in [5.74, 6) is -0.378. The predicted octanol–water partition coefficient (Wildman–Crippen LogP) is 4.53. The van der Waals surface area contributed by atoms with E-state index in [1.807, 2.05) is 0 Å². The van der Waals surface area contributed by atoms with Crippen molar-refractivity contribution < 1.29 is 17.9 Å². The van der Waals surface area contributed by atoms with Gasteiger partial charge in [0.15, 0.2) is 0 Å². The highest BCUT2D eigenvalue weighted by atomic mass is 79.9. The van der Waals surface area contributed by atoms with Crippen molar-refractivity contribution in [2.75, 3.05) is 0 Å². The Morgan fingerprint density at radius 3 is 2.55 bits per heavy atom. The average Bonchev–Trinajstić information content (AvgIpc) is 2.38. The number of nitrogens with zero attached hydrogens (tertiary/aromatic N) is 2. The molecule has 0 saturated carbocycles. The zero-order valence-corrected chi connectivity index (χ0v) is 11.4. The van der Waals surface area contributed by atoms with Crippen LogP contribution in [-0.2, 0) is 6.18 Å². The molecule has 0 amide bonds. The summed E-state index contributed by atoms with van der Waals surface area (Å²) >= 11 is 3.10. The summed E-state index contributed by atoms with van der Waals surface area (Å²) in [5, 5.41) is 8.67. The van der Waals surface area contributed by atoms with E-state index in [-0.39, 0.29) is 11.4 Å². The smallest absolute Gasteiger partial charge is 0.420 e. The highest BCUT2D eigenvalue weighted by Crippen LogP contribution is 2.38. The molecule has 20 heavy (non-hydrogen) atoms. The van der Waals surface area contributed by atoms with Crippen LogP contribution in [0.4, 0.5) is 13.2 Å². The Balaban J connectivity index is 2.44. The molecule has 0 N–H and O–H groups in total. The van der Waals surface area contributed by atoms with E-state index in [1.54, 1.807) is 18.2 Å². The van der Waals surface area contributed by atoms with Gasteiger partial charge in [-0.15, -0.1) is 0 Å². The Hall–Kier alpha value is -2.07. The van der Waals surface area contributed by atoms with Gasteiger partial charge in [0, 0.05) is 6.07 Å². The van der Waals surface area contributed by atoms with Crippen LogP contribution in [0, 0.1) is 11.3 Å². The number of nitriles is 1. The van der Waals surface area contributed by atoms with Crippen LogP contribution in [0.3, 0.4) is 0 Å². The van der Waals surface area contributed by atoms with Crippen molar-refractivity contribution in [3.8, 4) is 17.7 Å². The number of halogens is 4. The third-order valence-electron chi connectivity index (χ3n) is 2.32. The lowest BCUT2D eigenvalue weighted by atomic mass is 10.1. The van der Waals surface area contributed by atoms with Gasteiger partial charge in [-0.3, -0.25) is 0 Å². The van der Waals surface area contributed by atoms with E-state index >= 15 is 0 Å². The first-order chi connectivity index (χ1) is 9.40. The standard InChI is InChI=1S/C13H6BrF3N2O/c14-11-2-1-3-12(19-11)20-10-5-4-8(7-18)6-9(10)13(15,16)17/h1-6H. The molecule has 0 unspecified atom stereocenters. The highest BCUT2D eigenvalue weighted by molar-refractivity contribution is 9.10. The minimum Gasteiger partial charge on any atom is -0.438 e. The summed E-state index contributed by atoms with van der Waals surface area (Å²) in [7, 11) is 0. The molecule has 1 aromatic carbocycles. The zero-order valence-electron chi connectivity index (χ0n) is 9.78. The fourth-order valence-electron chi connectivity index (χ4n) is 1.47. The van der Waals surface area contributed by atoms with Gasteiger partial charge in [0.1, 0.15) is 10.4 Å². The van der Waals surface area contributed by atoms with E-state index in [2.05, 4.69) is 20.9 Å². The van der Waals surface area contributed by atoms with Gasteiger partial charge < -0.3 is 4.74 Å². The molecule has 0 spiro atoms. The van der Waals surface area contributed by atoms with Gasteiger partial charge in [0.2, 0.25) is 5.88 Å². The van der Waals surface area contributed by atoms with Crippen molar-refractivity contribution in [1.82, 2.24) is 4.98 Å². The van der Waals surface area contributed by atoms with Crippen LogP contribution in [-0.4, -0.2) is 4.98 Å². The summed E-state index contributed by atoms with van der Waals surface area (Å²) in [5.41, 5.74) is -1.11. The van der Waals surface area contributed by atoms with Crippen molar-refractivity contribution in [1.29, 1.82) is 5.26 Å². The molecule has 0 aliphatic carbocycles. The monoisotopic (exact) mass is 342 g/mol. The zero-order chi connectivity index (χ0) is 14.8. The van der Waals surface area contributed by atoms with Gasteiger partial charge in [-0.25, -0.2) is 4.98 Å². The molecule has 0 fully saturated rings. The van der Waals surface area contributed by atoms with E-state index in [1.165, 1.54) is 12.1 Å². The van der Waals surface area contributed by atoms with Crippen molar-refractivity contribution in [3.63, 3.8) is 0 Å². The number of aromatic nitrogens is 1. The van der Waals surface area contributed by atoms with Crippen LogP contribution in [0.5, 0.6) is 11.6 Å². The maximum absolute atomic E-state index is 12.9. The molecule has 7 heteroatoms. The Labute approximate surface area is 120 Å². The maximum atomic E-state index is 12.9. The molecule has 0 bridgehead atoms. The second-order valence-corrected chi connectivity index (χ2v) is 4.53. The van der Waals surface area contributed by atoms with Gasteiger partial charge in [-0.05, 0) is 40.2 Å². The second kappa shape index (κ2) is 5.51. The summed E-state index contributed by atoms with van der Waals surface area (Å²) in [4.78, 5) is 3.90. The Kier molecular flexibility index (Phi) is 3.95. The van der Waals surface area contributed by atoms with Gasteiger partial charge in [0.25, 0.3) is 0 Å². The van der Waals surface area contributed by atoms with E-state index in [4.69, 9.17) is 10.00 Å². The molecule has 0 aliphatic rings. The van der Waals surface area contributed by atoms with E-state index in [0.717, 1.165) is 12.1 Å². The maximum Gasteiger partial charge on any atom is 0.420 e. The van der Waals surface area contributed by atoms with Crippen molar-refractivity contribution in [3.05, 3.63) is 52.1 Å². The minimum absolute atomic E-state index is 0.0228. The molecule has 0 aliphatic heterocycles. The summed E-state index contributed by atoms with van der Waals surface area (Å²) in [6.07, 6.45) is -4.62. The van der Waals surface area contributed by atoms with E-state index in [9.17, 15) is 13.2 Å². The number of rotatable bonds is 2. The lowest BCUT2D eigenvalue weighted by Crippen LogP contribution is -2.08. The first-order valence-electron chi connectivity index (χ1n) is 5.32. The molecule has 0 radical (unpaired) electrons. The number of benzene rings is 1. The first kappa shape index (κ1) is 14.3. The van der Waals surface area contributed by atoms with E-state index in [0.29, 0.717) is 4.60 Å². The van der Waals surface area contributed by atoms with Crippen LogP contribution in [0.2, 0.25) is 0 Å². The lowest BCUT2D eigenvalue weighted by Gasteiger charge is -2.13. The Morgan fingerprint density at radius 1 is 1.20 bits per heavy atom. The fourth-order valence-corrected chi connectivity index (χ4v) is 1.80. The first-order valence-corrected chi connectivity index (χ1v) is 6.11. The van der Waals surface area contributed by atoms with Gasteiger partial charge in [-0.2, -0.15) is 18.4 Å². The van der Waals surface area contributed by atoms with Gasteiger partial charge in [0.05, 0.1) is 17.2 Å². The molecular formula is C13H6BrF3N2O. The van der Waals surface area contributed by atoms with Crippen LogP contribution in [0.15, 0.2) is 41.0 Å². The molecule has 2 rings (SSSR count). The van der Waals surface area contributed by atoms with Gasteiger partial charge in [-0.1, -0.05) is 6.07 Å². The van der Waals surface area contributed by atoms with Crippen molar-refractivity contribution >= 4 is 15.9 Å². The molecule has 1 aromatic heterocycles. The molecule has 1 heterocycles. The van der Waals surface area contributed by atoms with Gasteiger partial charge >= 0.3 is 6.18 Å². The minimum atomic E-state index is -4.62. The number of alkyl halides is 3. The Morgan fingerprint density at radius 2 is 1.95 bits per heavy atom. The predicted molar refractivity (Wildman–Crippen MR) is 68.2 cm³/mol. The molecular weight excluding hydrogens is 337 g/mol. The second-order valence-electron chi connectivity index (χ2n) is 3.72. The molecule has 3 nitrogen and oxygen atoms in total. The third-order valence-corrected chi connectivity index (χ3v) is 2.76. The van der Waals surface area contributed by atoms with Crippen LogP contribution >= 0.6 is 15.9 Å². The number of hydrogen-bond acceptors (Lipinski definition) is 3. The average molecular weight is 343 g/mol. The highest BCUT2D eigenvalue weighted by Gasteiger charge is 2.35. The molecule has 102 valence electrons. The number of ether oxygens (including phenoxy) is 1. The molecule has 2 aromatic rings. The SMILES string of the molecule is N#Cc1ccc(Oc2cccc(Br)n2)c(C(F)(F)F)c1. The number of pyridine rings is 1. The van der Waals surface area contributed by atoms with Crippen molar-refractivity contribution in [2.24, 2.45) is 0 Å². The van der Waals surface area contributed by atoms with E-state index < -0.39 is 17.5 Å². The fraction of sp³-hybridized carbons (Fsp3) is 0.0769. The quantitative estimate of drug-likeness (QED) is 0.753. The van der Waals surface area contributed by atoms with Crippen molar-refractivity contribution in [2.45, 2.75) is 6.18 Å². The largest absolute Gasteiger partial charge is 0.438 e. The Bertz CT molecular complexity index is 680. The topological polar surface area (TPSA) is 45.9 Å². The van der Waals surface area contributed by atoms with Crippen LogP contribution in [0.1, 0.15) is 11.1 Å². The summed E-state index contributed by atoms with van der Waals surface area (Å²) in [6.45, 7) is 0. The van der Waals surface area contributed by atoms with Crippen LogP contribution < -0.4 is 4.74 Å². The third kappa shape index (κ3) is 3.27. The summed E-state index contributed by atoms with van der Waals surface area (Å²) < 4.78 is 44.4.